The first-order valence-electron chi connectivity index (χ1n) is 4.65. The van der Waals surface area contributed by atoms with Crippen molar-refractivity contribution in [2.45, 2.75) is 6.42 Å². The highest BCUT2D eigenvalue weighted by molar-refractivity contribution is 6.03. The van der Waals surface area contributed by atoms with Crippen LogP contribution in [0.25, 0.3) is 6.08 Å². The van der Waals surface area contributed by atoms with E-state index in [9.17, 15) is 14.0 Å². The van der Waals surface area contributed by atoms with E-state index < -0.39 is 5.97 Å². The van der Waals surface area contributed by atoms with Gasteiger partial charge in [0.15, 0.2) is 5.78 Å². The van der Waals surface area contributed by atoms with Gasteiger partial charge in [0.05, 0.1) is 7.11 Å². The molecule has 1 rings (SSSR count). The van der Waals surface area contributed by atoms with Crippen LogP contribution >= 0.6 is 0 Å². The second-order valence-corrected chi connectivity index (χ2v) is 3.11. The molecule has 84 valence electrons. The molecule has 0 bridgehead atoms. The van der Waals surface area contributed by atoms with Crippen LogP contribution in [0.3, 0.4) is 0 Å². The highest BCUT2D eigenvalue weighted by Gasteiger charge is 2.05. The normalized spacial score (nSPS) is 10.4. The van der Waals surface area contributed by atoms with Gasteiger partial charge in [-0.25, -0.2) is 4.39 Å². The van der Waals surface area contributed by atoms with E-state index in [-0.39, 0.29) is 18.0 Å². The maximum absolute atomic E-state index is 12.8. The molecular weight excluding hydrogens is 211 g/mol. The van der Waals surface area contributed by atoms with Crippen LogP contribution in [0.2, 0.25) is 0 Å². The summed E-state index contributed by atoms with van der Waals surface area (Å²) < 4.78 is 17.1. The van der Waals surface area contributed by atoms with Gasteiger partial charge in [0.25, 0.3) is 0 Å². The molecule has 16 heavy (non-hydrogen) atoms. The summed E-state index contributed by atoms with van der Waals surface area (Å²) >= 11 is 0. The molecule has 0 aliphatic carbocycles. The van der Waals surface area contributed by atoms with Crippen LogP contribution in [-0.2, 0) is 14.3 Å². The predicted octanol–water partition coefficient (Wildman–Crippen LogP) is 1.97. The maximum Gasteiger partial charge on any atom is 0.313 e. The fourth-order valence-electron chi connectivity index (χ4n) is 1.07. The van der Waals surface area contributed by atoms with Crippen LogP contribution in [0.1, 0.15) is 12.0 Å². The van der Waals surface area contributed by atoms with Crippen molar-refractivity contribution in [3.05, 3.63) is 41.7 Å². The summed E-state index contributed by atoms with van der Waals surface area (Å²) in [4.78, 5) is 21.9. The van der Waals surface area contributed by atoms with E-state index in [0.717, 1.165) is 0 Å². The third-order valence-electron chi connectivity index (χ3n) is 1.86. The largest absolute Gasteiger partial charge is 0.469 e. The molecular formula is C12H11FO3. The van der Waals surface area contributed by atoms with E-state index in [4.69, 9.17) is 0 Å². The van der Waals surface area contributed by atoms with Gasteiger partial charge in [-0.3, -0.25) is 9.59 Å². The number of halogens is 1. The Morgan fingerprint density at radius 2 is 2.19 bits per heavy atom. The number of rotatable bonds is 4. The van der Waals surface area contributed by atoms with Crippen molar-refractivity contribution < 1.29 is 18.7 Å². The number of allylic oxidation sites excluding steroid dienone is 1. The van der Waals surface area contributed by atoms with Crippen molar-refractivity contribution >= 4 is 17.8 Å². The summed E-state index contributed by atoms with van der Waals surface area (Å²) in [6.07, 6.45) is 2.38. The summed E-state index contributed by atoms with van der Waals surface area (Å²) in [6, 6.07) is 5.81. The van der Waals surface area contributed by atoms with Crippen molar-refractivity contribution in [1.29, 1.82) is 0 Å². The fraction of sp³-hybridized carbons (Fsp3) is 0.167. The average molecular weight is 222 g/mol. The zero-order chi connectivity index (χ0) is 12.0. The van der Waals surface area contributed by atoms with Crippen molar-refractivity contribution in [3.8, 4) is 0 Å². The molecule has 0 aliphatic heterocycles. The zero-order valence-corrected chi connectivity index (χ0v) is 8.77. The van der Waals surface area contributed by atoms with Gasteiger partial charge in [-0.2, -0.15) is 0 Å². The second kappa shape index (κ2) is 5.80. The Morgan fingerprint density at radius 1 is 1.44 bits per heavy atom. The number of ketones is 1. The quantitative estimate of drug-likeness (QED) is 0.444. The number of methoxy groups -OCH3 is 1. The van der Waals surface area contributed by atoms with Crippen molar-refractivity contribution in [3.63, 3.8) is 0 Å². The number of carbonyl (C=O) groups is 2. The number of benzene rings is 1. The van der Waals surface area contributed by atoms with Crippen molar-refractivity contribution in [2.75, 3.05) is 7.11 Å². The molecule has 0 N–H and O–H groups in total. The van der Waals surface area contributed by atoms with Crippen LogP contribution in [0.4, 0.5) is 4.39 Å². The number of carbonyl (C=O) groups excluding carboxylic acids is 2. The Kier molecular flexibility index (Phi) is 4.39. The number of hydrogen-bond acceptors (Lipinski definition) is 3. The molecule has 0 heterocycles. The van der Waals surface area contributed by atoms with E-state index in [1.807, 2.05) is 0 Å². The molecule has 1 aromatic rings. The Labute approximate surface area is 92.5 Å². The van der Waals surface area contributed by atoms with E-state index in [1.54, 1.807) is 12.1 Å². The van der Waals surface area contributed by atoms with Gasteiger partial charge in [-0.05, 0) is 23.8 Å². The lowest BCUT2D eigenvalue weighted by Crippen LogP contribution is -2.06. The number of esters is 1. The summed E-state index contributed by atoms with van der Waals surface area (Å²) in [5.74, 6) is -1.34. The average Bonchev–Trinajstić information content (AvgIpc) is 2.26. The zero-order valence-electron chi connectivity index (χ0n) is 8.77. The van der Waals surface area contributed by atoms with Gasteiger partial charge in [0.2, 0.25) is 0 Å². The molecule has 0 unspecified atom stereocenters. The molecule has 0 radical (unpaired) electrons. The lowest BCUT2D eigenvalue weighted by molar-refractivity contribution is -0.142. The lowest BCUT2D eigenvalue weighted by atomic mass is 10.1. The van der Waals surface area contributed by atoms with Gasteiger partial charge in [-0.1, -0.05) is 18.2 Å². The van der Waals surface area contributed by atoms with Gasteiger partial charge in [0, 0.05) is 0 Å². The Hall–Kier alpha value is -1.97. The second-order valence-electron chi connectivity index (χ2n) is 3.11. The summed E-state index contributed by atoms with van der Waals surface area (Å²) in [6.45, 7) is 0. The minimum Gasteiger partial charge on any atom is -0.469 e. The van der Waals surface area contributed by atoms with E-state index in [0.29, 0.717) is 5.56 Å². The minimum absolute atomic E-state index is 0.303. The highest BCUT2D eigenvalue weighted by Crippen LogP contribution is 2.05. The first-order chi connectivity index (χ1) is 7.61. The monoisotopic (exact) mass is 222 g/mol. The molecule has 3 nitrogen and oxygen atoms in total. The van der Waals surface area contributed by atoms with Gasteiger partial charge >= 0.3 is 5.97 Å². The standard InChI is InChI=1S/C12H11FO3/c1-16-12(15)8-11(14)6-5-9-3-2-4-10(13)7-9/h2-7H,8H2,1H3. The molecule has 0 saturated carbocycles. The van der Waals surface area contributed by atoms with E-state index in [2.05, 4.69) is 4.74 Å². The first-order valence-corrected chi connectivity index (χ1v) is 4.65. The molecule has 0 aromatic heterocycles. The van der Waals surface area contributed by atoms with Crippen LogP contribution in [0, 0.1) is 5.82 Å². The topological polar surface area (TPSA) is 43.4 Å². The molecule has 0 aliphatic rings. The first kappa shape index (κ1) is 12.1. The highest BCUT2D eigenvalue weighted by atomic mass is 19.1. The SMILES string of the molecule is COC(=O)CC(=O)C=Cc1cccc(F)c1. The van der Waals surface area contributed by atoms with Crippen LogP contribution < -0.4 is 0 Å². The molecule has 0 atom stereocenters. The summed E-state index contributed by atoms with van der Waals surface area (Å²) in [5.41, 5.74) is 0.568. The predicted molar refractivity (Wildman–Crippen MR) is 57.1 cm³/mol. The lowest BCUT2D eigenvalue weighted by Gasteiger charge is -1.95. The molecule has 4 heteroatoms. The Morgan fingerprint density at radius 3 is 2.81 bits per heavy atom. The Bertz CT molecular complexity index is 424. The van der Waals surface area contributed by atoms with E-state index in [1.165, 1.54) is 31.4 Å². The van der Waals surface area contributed by atoms with Gasteiger partial charge < -0.3 is 4.74 Å². The van der Waals surface area contributed by atoms with Crippen LogP contribution in [0.5, 0.6) is 0 Å². The maximum atomic E-state index is 12.8. The fourth-order valence-corrected chi connectivity index (χ4v) is 1.07. The molecule has 0 fully saturated rings. The van der Waals surface area contributed by atoms with Gasteiger partial charge in [-0.15, -0.1) is 0 Å². The van der Waals surface area contributed by atoms with Crippen molar-refractivity contribution in [1.82, 2.24) is 0 Å². The van der Waals surface area contributed by atoms with Crippen LogP contribution in [0.15, 0.2) is 30.3 Å². The minimum atomic E-state index is -0.589. The van der Waals surface area contributed by atoms with E-state index >= 15 is 0 Å². The third-order valence-corrected chi connectivity index (χ3v) is 1.86. The molecule has 0 spiro atoms. The number of hydrogen-bond donors (Lipinski definition) is 0. The van der Waals surface area contributed by atoms with Crippen molar-refractivity contribution in [2.24, 2.45) is 0 Å². The smallest absolute Gasteiger partial charge is 0.313 e. The molecule has 1 aromatic carbocycles. The third kappa shape index (κ3) is 4.04. The summed E-state index contributed by atoms with van der Waals surface area (Å²) in [5, 5.41) is 0. The summed E-state index contributed by atoms with van der Waals surface area (Å²) in [7, 11) is 1.21. The van der Waals surface area contributed by atoms with Crippen LogP contribution in [-0.4, -0.2) is 18.9 Å². The Balaban J connectivity index is 2.60. The molecule has 0 amide bonds. The molecule has 0 saturated heterocycles. The number of ether oxygens (including phenoxy) is 1. The van der Waals surface area contributed by atoms with Gasteiger partial charge in [0.1, 0.15) is 12.2 Å².